The van der Waals surface area contributed by atoms with E-state index in [1.54, 1.807) is 11.3 Å². The van der Waals surface area contributed by atoms with E-state index in [1.165, 1.54) is 4.88 Å². The zero-order valence-corrected chi connectivity index (χ0v) is 9.72. The third kappa shape index (κ3) is 3.04. The Labute approximate surface area is 97.1 Å². The Balaban J connectivity index is 1.95. The summed E-state index contributed by atoms with van der Waals surface area (Å²) in [5.74, 6) is 1.99. The molecule has 15 heavy (non-hydrogen) atoms. The van der Waals surface area contributed by atoms with Gasteiger partial charge in [-0.3, -0.25) is 0 Å². The highest BCUT2D eigenvalue weighted by Crippen LogP contribution is 2.14. The van der Waals surface area contributed by atoms with Gasteiger partial charge in [0, 0.05) is 17.2 Å². The quantitative estimate of drug-likeness (QED) is 0.757. The van der Waals surface area contributed by atoms with Gasteiger partial charge in [-0.2, -0.15) is 0 Å². The molecule has 0 aromatic carbocycles. The summed E-state index contributed by atoms with van der Waals surface area (Å²) in [4.78, 5) is 1.24. The normalized spacial score (nSPS) is 10.7. The Hall–Kier alpha value is -0.870. The van der Waals surface area contributed by atoms with Crippen molar-refractivity contribution in [2.24, 2.45) is 0 Å². The van der Waals surface area contributed by atoms with Crippen molar-refractivity contribution in [2.75, 3.05) is 5.88 Å². The Morgan fingerprint density at radius 1 is 1.33 bits per heavy atom. The van der Waals surface area contributed by atoms with Crippen LogP contribution in [0.25, 0.3) is 0 Å². The van der Waals surface area contributed by atoms with Crippen LogP contribution in [-0.2, 0) is 12.8 Å². The van der Waals surface area contributed by atoms with Gasteiger partial charge in [-0.15, -0.1) is 33.1 Å². The van der Waals surface area contributed by atoms with Crippen molar-refractivity contribution in [1.82, 2.24) is 10.2 Å². The van der Waals surface area contributed by atoms with Crippen molar-refractivity contribution in [1.29, 1.82) is 0 Å². The second-order valence-corrected chi connectivity index (χ2v) is 4.55. The van der Waals surface area contributed by atoms with E-state index in [4.69, 9.17) is 16.0 Å². The van der Waals surface area contributed by atoms with E-state index in [-0.39, 0.29) is 0 Å². The molecule has 0 fully saturated rings. The van der Waals surface area contributed by atoms with Crippen molar-refractivity contribution < 1.29 is 4.42 Å². The van der Waals surface area contributed by atoms with E-state index in [1.807, 2.05) is 11.4 Å². The average Bonchev–Trinajstić information content (AvgIpc) is 2.87. The summed E-state index contributed by atoms with van der Waals surface area (Å²) in [6.07, 6.45) is 2.37. The number of hydrogen-bond donors (Lipinski definition) is 0. The molecule has 2 rings (SSSR count). The minimum Gasteiger partial charge on any atom is -0.425 e. The van der Waals surface area contributed by atoms with E-state index in [0.29, 0.717) is 17.7 Å². The number of halogens is 1. The zero-order valence-electron chi connectivity index (χ0n) is 8.15. The maximum atomic E-state index is 5.59. The highest BCUT2D eigenvalue weighted by molar-refractivity contribution is 7.09. The van der Waals surface area contributed by atoms with Crippen LogP contribution in [0.1, 0.15) is 23.1 Å². The number of aryl methyl sites for hydroxylation is 1. The van der Waals surface area contributed by atoms with Crippen molar-refractivity contribution in [3.63, 3.8) is 0 Å². The van der Waals surface area contributed by atoms with Crippen LogP contribution in [0.15, 0.2) is 21.9 Å². The molecule has 0 spiro atoms. The number of hydrogen-bond acceptors (Lipinski definition) is 4. The molecule has 0 atom stereocenters. The van der Waals surface area contributed by atoms with Gasteiger partial charge >= 0.3 is 0 Å². The zero-order chi connectivity index (χ0) is 10.5. The summed E-state index contributed by atoms with van der Waals surface area (Å²) in [5, 5.41) is 10.00. The molecular weight excluding hydrogens is 232 g/mol. The Morgan fingerprint density at radius 3 is 2.93 bits per heavy atom. The second kappa shape index (κ2) is 5.28. The molecule has 3 nitrogen and oxygen atoms in total. The molecule has 0 amide bonds. The summed E-state index contributed by atoms with van der Waals surface area (Å²) in [7, 11) is 0. The lowest BCUT2D eigenvalue weighted by Gasteiger charge is -1.90. The van der Waals surface area contributed by atoms with Crippen LogP contribution in [0.3, 0.4) is 0 Å². The molecule has 0 saturated carbocycles. The Kier molecular flexibility index (Phi) is 3.75. The largest absolute Gasteiger partial charge is 0.425 e. The molecule has 0 aliphatic heterocycles. The number of thiophene rings is 1. The third-order valence-electron chi connectivity index (χ3n) is 1.94. The van der Waals surface area contributed by atoms with Crippen LogP contribution in [0, 0.1) is 0 Å². The van der Waals surface area contributed by atoms with Gasteiger partial charge in [0.15, 0.2) is 0 Å². The van der Waals surface area contributed by atoms with Crippen molar-refractivity contribution in [3.05, 3.63) is 34.2 Å². The van der Waals surface area contributed by atoms with Crippen molar-refractivity contribution >= 4 is 22.9 Å². The Morgan fingerprint density at radius 2 is 2.20 bits per heavy atom. The summed E-state index contributed by atoms with van der Waals surface area (Å²) in [6, 6.07) is 4.08. The lowest BCUT2D eigenvalue weighted by molar-refractivity contribution is 0.456. The molecule has 0 radical (unpaired) electrons. The maximum absolute atomic E-state index is 5.59. The fraction of sp³-hybridized carbons (Fsp3) is 0.400. The van der Waals surface area contributed by atoms with Crippen LogP contribution < -0.4 is 0 Å². The first-order chi connectivity index (χ1) is 7.38. The van der Waals surface area contributed by atoms with Gasteiger partial charge in [-0.25, -0.2) is 0 Å². The summed E-state index contributed by atoms with van der Waals surface area (Å²) >= 11 is 7.28. The average molecular weight is 243 g/mol. The molecule has 0 aliphatic rings. The molecule has 0 bridgehead atoms. The predicted octanol–water partition coefficient (Wildman–Crippen LogP) is 2.89. The smallest absolute Gasteiger partial charge is 0.221 e. The molecule has 5 heteroatoms. The second-order valence-electron chi connectivity index (χ2n) is 3.14. The number of alkyl halides is 1. The van der Waals surface area contributed by atoms with E-state index < -0.39 is 0 Å². The maximum Gasteiger partial charge on any atom is 0.221 e. The molecule has 0 N–H and O–H groups in total. The van der Waals surface area contributed by atoms with E-state index in [9.17, 15) is 0 Å². The van der Waals surface area contributed by atoms with Crippen LogP contribution in [0.4, 0.5) is 0 Å². The summed E-state index contributed by atoms with van der Waals surface area (Å²) < 4.78 is 5.48. The van der Waals surface area contributed by atoms with Crippen molar-refractivity contribution in [3.8, 4) is 0 Å². The predicted molar refractivity (Wildman–Crippen MR) is 60.5 cm³/mol. The molecule has 2 aromatic heterocycles. The minimum absolute atomic E-state index is 0.628. The van der Waals surface area contributed by atoms with Gasteiger partial charge in [-0.05, 0) is 17.9 Å². The standard InChI is InChI=1S/C10H11ClN2OS/c11-5-1-4-9-12-13-10(14-9)7-8-3-2-6-15-8/h2-3,6H,1,4-5,7H2. The third-order valence-corrected chi connectivity index (χ3v) is 3.08. The first kappa shape index (κ1) is 10.6. The highest BCUT2D eigenvalue weighted by Gasteiger charge is 2.06. The SMILES string of the molecule is ClCCCc1nnc(Cc2cccs2)o1. The summed E-state index contributed by atoms with van der Waals surface area (Å²) in [5.41, 5.74) is 0. The monoisotopic (exact) mass is 242 g/mol. The van der Waals surface area contributed by atoms with Crippen molar-refractivity contribution in [2.45, 2.75) is 19.3 Å². The molecule has 0 aliphatic carbocycles. The molecule has 0 saturated heterocycles. The van der Waals surface area contributed by atoms with Crippen LogP contribution >= 0.6 is 22.9 Å². The molecule has 80 valence electrons. The molecule has 2 aromatic rings. The lowest BCUT2D eigenvalue weighted by Crippen LogP contribution is -1.85. The van der Waals surface area contributed by atoms with E-state index in [0.717, 1.165) is 19.3 Å². The van der Waals surface area contributed by atoms with Crippen LogP contribution in [0.2, 0.25) is 0 Å². The van der Waals surface area contributed by atoms with Gasteiger partial charge < -0.3 is 4.42 Å². The van der Waals surface area contributed by atoms with Crippen LogP contribution in [-0.4, -0.2) is 16.1 Å². The number of nitrogens with zero attached hydrogens (tertiary/aromatic N) is 2. The first-order valence-corrected chi connectivity index (χ1v) is 6.19. The fourth-order valence-electron chi connectivity index (χ4n) is 1.24. The van der Waals surface area contributed by atoms with Gasteiger partial charge in [0.25, 0.3) is 0 Å². The van der Waals surface area contributed by atoms with Gasteiger partial charge in [-0.1, -0.05) is 6.07 Å². The molecule has 0 unspecified atom stereocenters. The van der Waals surface area contributed by atoms with E-state index >= 15 is 0 Å². The highest BCUT2D eigenvalue weighted by atomic mass is 35.5. The van der Waals surface area contributed by atoms with Gasteiger partial charge in [0.2, 0.25) is 11.8 Å². The topological polar surface area (TPSA) is 38.9 Å². The van der Waals surface area contributed by atoms with E-state index in [2.05, 4.69) is 16.3 Å². The number of rotatable bonds is 5. The van der Waals surface area contributed by atoms with Gasteiger partial charge in [0.1, 0.15) is 0 Å². The first-order valence-electron chi connectivity index (χ1n) is 4.78. The van der Waals surface area contributed by atoms with Gasteiger partial charge in [0.05, 0.1) is 6.42 Å². The fourth-order valence-corrected chi connectivity index (χ4v) is 2.07. The van der Waals surface area contributed by atoms with Crippen LogP contribution in [0.5, 0.6) is 0 Å². The molecular formula is C10H11ClN2OS. The Bertz CT molecular complexity index is 399. The number of aromatic nitrogens is 2. The minimum atomic E-state index is 0.628. The lowest BCUT2D eigenvalue weighted by atomic mass is 10.3. The summed E-state index contributed by atoms with van der Waals surface area (Å²) in [6.45, 7) is 0. The molecule has 2 heterocycles.